The van der Waals surface area contributed by atoms with Crippen LogP contribution in [0.5, 0.6) is 0 Å². The summed E-state index contributed by atoms with van der Waals surface area (Å²) in [5.74, 6) is 0.354. The predicted octanol–water partition coefficient (Wildman–Crippen LogP) is 2.89. The number of carbonyl (C=O) groups is 1. The van der Waals surface area contributed by atoms with E-state index in [2.05, 4.69) is 18.8 Å². The number of fused-ring (bicyclic) bond motifs is 1. The number of nitrogens with zero attached hydrogens (tertiary/aromatic N) is 2. The number of hydrogen-bond acceptors (Lipinski definition) is 3. The van der Waals surface area contributed by atoms with Crippen LogP contribution in [-0.4, -0.2) is 40.0 Å². The molecule has 1 aliphatic carbocycles. The summed E-state index contributed by atoms with van der Waals surface area (Å²) in [5, 5.41) is 0. The van der Waals surface area contributed by atoms with Crippen LogP contribution in [0.15, 0.2) is 23.0 Å². The van der Waals surface area contributed by atoms with E-state index in [0.29, 0.717) is 18.0 Å². The molecule has 1 fully saturated rings. The van der Waals surface area contributed by atoms with Crippen LogP contribution in [0, 0.1) is 5.92 Å². The van der Waals surface area contributed by atoms with Gasteiger partial charge in [-0.2, -0.15) is 0 Å². The van der Waals surface area contributed by atoms with Crippen molar-refractivity contribution < 1.29 is 4.79 Å². The lowest BCUT2D eigenvalue weighted by atomic mass is 10.0. The maximum atomic E-state index is 12.7. The third kappa shape index (κ3) is 3.70. The molecule has 1 heterocycles. The van der Waals surface area contributed by atoms with E-state index >= 15 is 0 Å². The first-order valence-corrected chi connectivity index (χ1v) is 9.63. The Labute approximate surface area is 154 Å². The van der Waals surface area contributed by atoms with Crippen molar-refractivity contribution in [2.45, 2.75) is 58.0 Å². The highest BCUT2D eigenvalue weighted by atomic mass is 16.2. The monoisotopic (exact) mass is 358 g/mol. The van der Waals surface area contributed by atoms with Crippen LogP contribution in [0.1, 0.15) is 62.4 Å². The Bertz CT molecular complexity index is 830. The molecule has 1 atom stereocenters. The molecule has 1 amide bonds. The van der Waals surface area contributed by atoms with Gasteiger partial charge in [0.05, 0.1) is 11.0 Å². The Balaban J connectivity index is 1.78. The van der Waals surface area contributed by atoms with Crippen LogP contribution >= 0.6 is 0 Å². The predicted molar refractivity (Wildman–Crippen MR) is 104 cm³/mol. The fourth-order valence-corrected chi connectivity index (χ4v) is 3.79. The van der Waals surface area contributed by atoms with Gasteiger partial charge in [0.2, 0.25) is 0 Å². The Morgan fingerprint density at radius 3 is 2.69 bits per heavy atom. The summed E-state index contributed by atoms with van der Waals surface area (Å²) in [7, 11) is 1.80. The van der Waals surface area contributed by atoms with Crippen molar-refractivity contribution in [3.05, 3.63) is 34.2 Å². The van der Waals surface area contributed by atoms with Gasteiger partial charge >= 0.3 is 5.69 Å². The minimum Gasteiger partial charge on any atom is -0.342 e. The number of aromatic nitrogens is 2. The van der Waals surface area contributed by atoms with Crippen molar-refractivity contribution in [1.29, 1.82) is 0 Å². The molecule has 6 heteroatoms. The number of rotatable bonds is 6. The molecule has 0 saturated heterocycles. The molecule has 0 radical (unpaired) electrons. The highest BCUT2D eigenvalue weighted by molar-refractivity contribution is 5.97. The van der Waals surface area contributed by atoms with Gasteiger partial charge in [-0.1, -0.05) is 26.7 Å². The fraction of sp³-hybridized carbons (Fsp3) is 0.600. The van der Waals surface area contributed by atoms with Crippen molar-refractivity contribution in [2.24, 2.45) is 11.7 Å². The van der Waals surface area contributed by atoms with E-state index in [4.69, 9.17) is 5.73 Å². The summed E-state index contributed by atoms with van der Waals surface area (Å²) in [4.78, 5) is 29.7. The molecule has 1 unspecified atom stereocenters. The van der Waals surface area contributed by atoms with Gasteiger partial charge in [0.1, 0.15) is 0 Å². The summed E-state index contributed by atoms with van der Waals surface area (Å²) >= 11 is 0. The molecule has 142 valence electrons. The molecule has 1 saturated carbocycles. The van der Waals surface area contributed by atoms with Crippen LogP contribution in [0.2, 0.25) is 0 Å². The number of nitrogens with two attached hydrogens (primary N) is 1. The number of hydrogen-bond donors (Lipinski definition) is 2. The summed E-state index contributed by atoms with van der Waals surface area (Å²) in [6, 6.07) is 5.88. The lowest BCUT2D eigenvalue weighted by molar-refractivity contribution is 0.0789. The molecular weight excluding hydrogens is 328 g/mol. The Hall–Kier alpha value is -2.08. The number of benzene rings is 1. The molecule has 1 aromatic heterocycles. The fourth-order valence-electron chi connectivity index (χ4n) is 3.79. The van der Waals surface area contributed by atoms with Crippen LogP contribution in [0.3, 0.4) is 0 Å². The second kappa shape index (κ2) is 7.66. The van der Waals surface area contributed by atoms with Gasteiger partial charge in [-0.05, 0) is 43.4 Å². The van der Waals surface area contributed by atoms with E-state index in [1.165, 1.54) is 12.8 Å². The van der Waals surface area contributed by atoms with Crippen LogP contribution < -0.4 is 11.4 Å². The van der Waals surface area contributed by atoms with Gasteiger partial charge < -0.3 is 15.6 Å². The first-order valence-electron chi connectivity index (χ1n) is 9.63. The van der Waals surface area contributed by atoms with Crippen LogP contribution in [0.25, 0.3) is 11.0 Å². The zero-order chi connectivity index (χ0) is 18.8. The first-order chi connectivity index (χ1) is 12.4. The molecule has 26 heavy (non-hydrogen) atoms. The molecule has 1 aromatic carbocycles. The second-order valence-corrected chi connectivity index (χ2v) is 7.89. The molecule has 0 spiro atoms. The Morgan fingerprint density at radius 1 is 1.35 bits per heavy atom. The van der Waals surface area contributed by atoms with Crippen LogP contribution in [0.4, 0.5) is 0 Å². The number of amides is 1. The van der Waals surface area contributed by atoms with E-state index in [0.717, 1.165) is 30.3 Å². The Kier molecular flexibility index (Phi) is 5.51. The summed E-state index contributed by atoms with van der Waals surface area (Å²) < 4.78 is 1.86. The molecule has 0 bridgehead atoms. The highest BCUT2D eigenvalue weighted by Crippen LogP contribution is 2.30. The lowest BCUT2D eigenvalue weighted by Gasteiger charge is -2.21. The first kappa shape index (κ1) is 18.7. The largest absolute Gasteiger partial charge is 0.342 e. The minimum atomic E-state index is -0.0761. The van der Waals surface area contributed by atoms with Gasteiger partial charge in [-0.15, -0.1) is 0 Å². The molecule has 0 aliphatic heterocycles. The van der Waals surface area contributed by atoms with Crippen molar-refractivity contribution in [2.75, 3.05) is 13.6 Å². The van der Waals surface area contributed by atoms with Crippen molar-refractivity contribution in [3.8, 4) is 0 Å². The maximum Gasteiger partial charge on any atom is 0.326 e. The standard InChI is InChI=1S/C20H30N4O2/c1-13(2)16(21)10-11-23(3)19(25)14-8-9-18-17(12-14)22-20(26)24(18)15-6-4-5-7-15/h8-9,12-13,15-16H,4-7,10-11,21H2,1-3H3,(H,22,26). The van der Waals surface area contributed by atoms with E-state index in [1.54, 1.807) is 18.0 Å². The molecule has 3 N–H and O–H groups in total. The van der Waals surface area contributed by atoms with Crippen LogP contribution in [-0.2, 0) is 0 Å². The maximum absolute atomic E-state index is 12.7. The van der Waals surface area contributed by atoms with E-state index in [1.807, 2.05) is 16.7 Å². The van der Waals surface area contributed by atoms with Gasteiger partial charge in [-0.3, -0.25) is 9.36 Å². The molecule has 2 aromatic rings. The minimum absolute atomic E-state index is 0.0441. The van der Waals surface area contributed by atoms with Gasteiger partial charge in [-0.25, -0.2) is 4.79 Å². The second-order valence-electron chi connectivity index (χ2n) is 7.89. The van der Waals surface area contributed by atoms with Crippen molar-refractivity contribution in [1.82, 2.24) is 14.5 Å². The molecule has 1 aliphatic rings. The normalized spacial score (nSPS) is 16.5. The number of carbonyl (C=O) groups excluding carboxylic acids is 1. The van der Waals surface area contributed by atoms with E-state index in [9.17, 15) is 9.59 Å². The summed E-state index contributed by atoms with van der Waals surface area (Å²) in [6.07, 6.45) is 5.21. The Morgan fingerprint density at radius 2 is 2.04 bits per heavy atom. The summed E-state index contributed by atoms with van der Waals surface area (Å²) in [6.45, 7) is 4.80. The molecule has 3 rings (SSSR count). The SMILES string of the molecule is CC(C)C(N)CCN(C)C(=O)c1ccc2c(c1)[nH]c(=O)n2C1CCCC1. The molecular formula is C20H30N4O2. The third-order valence-corrected chi connectivity index (χ3v) is 5.65. The average molecular weight is 358 g/mol. The zero-order valence-corrected chi connectivity index (χ0v) is 16.0. The smallest absolute Gasteiger partial charge is 0.326 e. The van der Waals surface area contributed by atoms with E-state index < -0.39 is 0 Å². The van der Waals surface area contributed by atoms with Crippen molar-refractivity contribution >= 4 is 16.9 Å². The number of nitrogens with one attached hydrogen (secondary N) is 1. The number of aromatic amines is 1. The van der Waals surface area contributed by atoms with Crippen molar-refractivity contribution in [3.63, 3.8) is 0 Å². The topological polar surface area (TPSA) is 84.1 Å². The zero-order valence-electron chi connectivity index (χ0n) is 16.0. The molecule has 6 nitrogen and oxygen atoms in total. The van der Waals surface area contributed by atoms with E-state index in [-0.39, 0.29) is 23.7 Å². The number of imidazole rings is 1. The van der Waals surface area contributed by atoms with Gasteiger partial charge in [0, 0.05) is 31.2 Å². The highest BCUT2D eigenvalue weighted by Gasteiger charge is 2.22. The third-order valence-electron chi connectivity index (χ3n) is 5.65. The number of H-pyrrole nitrogens is 1. The van der Waals surface area contributed by atoms with Gasteiger partial charge in [0.15, 0.2) is 0 Å². The average Bonchev–Trinajstić information content (AvgIpc) is 3.24. The van der Waals surface area contributed by atoms with Gasteiger partial charge in [0.25, 0.3) is 5.91 Å². The summed E-state index contributed by atoms with van der Waals surface area (Å²) in [5.41, 5.74) is 8.22. The quantitative estimate of drug-likeness (QED) is 0.833. The lowest BCUT2D eigenvalue weighted by Crippen LogP contribution is -2.34.